The molecular weight excluding hydrogens is 490 g/mol. The first kappa shape index (κ1) is 29.9. The number of fused-ring (bicyclic) bond motifs is 1. The van der Waals surface area contributed by atoms with Crippen LogP contribution in [0, 0.1) is 0 Å². The summed E-state index contributed by atoms with van der Waals surface area (Å²) in [4.78, 5) is 37.4. The molecule has 0 fully saturated rings. The third-order valence-electron chi connectivity index (χ3n) is 6.98. The van der Waals surface area contributed by atoms with E-state index >= 15 is 0 Å². The molecule has 3 aromatic rings. The van der Waals surface area contributed by atoms with Crippen LogP contribution in [0.3, 0.4) is 0 Å². The topological polar surface area (TPSA) is 85.6 Å². The number of ether oxygens (including phenoxy) is 1. The van der Waals surface area contributed by atoms with Gasteiger partial charge in [0.15, 0.2) is 5.78 Å². The lowest BCUT2D eigenvalue weighted by Gasteiger charge is -2.10. The van der Waals surface area contributed by atoms with E-state index in [-0.39, 0.29) is 11.5 Å². The first-order valence-corrected chi connectivity index (χ1v) is 14.3. The molecular formula is C33H41NO5. The highest BCUT2D eigenvalue weighted by Gasteiger charge is 2.26. The number of benzene rings is 2. The molecule has 0 saturated heterocycles. The van der Waals surface area contributed by atoms with E-state index in [0.29, 0.717) is 30.5 Å². The van der Waals surface area contributed by atoms with Crippen LogP contribution in [0.15, 0.2) is 54.6 Å². The number of Topliss-reactive ketones (excluding diaryl/α,β-unsaturated/α-hetero) is 1. The maximum atomic E-state index is 13.4. The number of rotatable bonds is 17. The van der Waals surface area contributed by atoms with E-state index in [1.807, 2.05) is 48.5 Å². The van der Waals surface area contributed by atoms with E-state index in [2.05, 4.69) is 6.92 Å². The van der Waals surface area contributed by atoms with Gasteiger partial charge < -0.3 is 14.4 Å². The van der Waals surface area contributed by atoms with Crippen molar-refractivity contribution in [2.45, 2.75) is 84.6 Å². The molecule has 0 saturated carbocycles. The van der Waals surface area contributed by atoms with Gasteiger partial charge in [0.1, 0.15) is 5.69 Å². The third kappa shape index (κ3) is 8.67. The Hall–Kier alpha value is -3.67. The summed E-state index contributed by atoms with van der Waals surface area (Å²) in [6.07, 6.45) is 13.8. The monoisotopic (exact) mass is 531 g/mol. The number of carbonyl (C=O) groups excluding carboxylic acids is 2. The first-order valence-electron chi connectivity index (χ1n) is 14.3. The molecule has 0 aliphatic heterocycles. The van der Waals surface area contributed by atoms with Gasteiger partial charge in [-0.2, -0.15) is 0 Å². The van der Waals surface area contributed by atoms with Crippen molar-refractivity contribution in [3.05, 3.63) is 77.0 Å². The van der Waals surface area contributed by atoms with Crippen LogP contribution in [-0.4, -0.2) is 34.0 Å². The number of carboxylic acid groups (broad SMARTS) is 1. The van der Waals surface area contributed by atoms with Gasteiger partial charge in [-0.05, 0) is 36.6 Å². The second kappa shape index (κ2) is 15.7. The van der Waals surface area contributed by atoms with Crippen molar-refractivity contribution < 1.29 is 24.2 Å². The second-order valence-corrected chi connectivity index (χ2v) is 9.96. The molecule has 0 amide bonds. The van der Waals surface area contributed by atoms with E-state index in [1.54, 1.807) is 17.6 Å². The summed E-state index contributed by atoms with van der Waals surface area (Å²) in [5.74, 6) is -1.61. The van der Waals surface area contributed by atoms with Crippen LogP contribution < -0.4 is 0 Å². The Bertz CT molecular complexity index is 1270. The minimum Gasteiger partial charge on any atom is -0.477 e. The Morgan fingerprint density at radius 1 is 0.846 bits per heavy atom. The molecule has 0 aliphatic rings. The van der Waals surface area contributed by atoms with Crippen molar-refractivity contribution in [3.63, 3.8) is 0 Å². The number of nitrogens with zero attached hydrogens (tertiary/aromatic N) is 1. The Labute approximate surface area is 231 Å². The van der Waals surface area contributed by atoms with Gasteiger partial charge in [-0.15, -0.1) is 0 Å². The summed E-state index contributed by atoms with van der Waals surface area (Å²) in [6.45, 7) is 4.61. The van der Waals surface area contributed by atoms with Crippen molar-refractivity contribution >= 4 is 34.7 Å². The molecule has 0 radical (unpaired) electrons. The summed E-state index contributed by atoms with van der Waals surface area (Å²) in [5.41, 5.74) is 2.82. The van der Waals surface area contributed by atoms with E-state index < -0.39 is 11.9 Å². The number of para-hydroxylation sites is 1. The summed E-state index contributed by atoms with van der Waals surface area (Å²) < 4.78 is 6.64. The minimum atomic E-state index is -1.10. The van der Waals surface area contributed by atoms with Crippen LogP contribution in [-0.2, 0) is 16.1 Å². The molecule has 0 unspecified atom stereocenters. The molecule has 0 bridgehead atoms. The van der Waals surface area contributed by atoms with E-state index in [9.17, 15) is 19.5 Å². The van der Waals surface area contributed by atoms with E-state index in [0.717, 1.165) is 35.9 Å². The predicted molar refractivity (Wildman–Crippen MR) is 156 cm³/mol. The van der Waals surface area contributed by atoms with Crippen LogP contribution in [0.1, 0.15) is 110 Å². The van der Waals surface area contributed by atoms with E-state index in [4.69, 9.17) is 4.74 Å². The average Bonchev–Trinajstić information content (AvgIpc) is 3.26. The van der Waals surface area contributed by atoms with Crippen LogP contribution in [0.25, 0.3) is 17.0 Å². The molecule has 1 aromatic heterocycles. The van der Waals surface area contributed by atoms with Gasteiger partial charge in [0, 0.05) is 29.9 Å². The fourth-order valence-electron chi connectivity index (χ4n) is 4.96. The van der Waals surface area contributed by atoms with Crippen LogP contribution in [0.5, 0.6) is 0 Å². The highest BCUT2D eigenvalue weighted by molar-refractivity contribution is 6.15. The van der Waals surface area contributed by atoms with Crippen molar-refractivity contribution in [1.29, 1.82) is 0 Å². The highest BCUT2D eigenvalue weighted by Crippen LogP contribution is 2.29. The number of aromatic carboxylic acids is 1. The van der Waals surface area contributed by atoms with Crippen LogP contribution in [0.2, 0.25) is 0 Å². The Morgan fingerprint density at radius 3 is 2.13 bits per heavy atom. The normalized spacial score (nSPS) is 11.3. The molecule has 208 valence electrons. The standard InChI is InChI=1S/C33H41NO5/c1-3-5-6-7-8-9-10-11-12-17-29(35)31-27-15-13-14-16-28(27)34(32(31)33(37)38)24-26-20-18-25(19-21-26)22-23-30(36)39-4-2/h13-16,18-23H,3-12,17,24H2,1-2H3,(H,37,38)/b23-22+. The molecule has 0 atom stereocenters. The molecule has 0 spiro atoms. The quantitative estimate of drug-likeness (QED) is 0.0824. The lowest BCUT2D eigenvalue weighted by molar-refractivity contribution is -0.137. The lowest BCUT2D eigenvalue weighted by Crippen LogP contribution is -2.14. The summed E-state index contributed by atoms with van der Waals surface area (Å²) in [7, 11) is 0. The molecule has 1 N–H and O–H groups in total. The summed E-state index contributed by atoms with van der Waals surface area (Å²) in [6, 6.07) is 14.9. The number of esters is 1. The van der Waals surface area contributed by atoms with Crippen molar-refractivity contribution in [1.82, 2.24) is 4.57 Å². The molecule has 6 heteroatoms. The fraction of sp³-hybridized carbons (Fsp3) is 0.424. The number of carboxylic acids is 1. The molecule has 2 aromatic carbocycles. The van der Waals surface area contributed by atoms with Gasteiger partial charge in [-0.1, -0.05) is 101 Å². The number of hydrogen-bond donors (Lipinski definition) is 1. The Balaban J connectivity index is 1.73. The van der Waals surface area contributed by atoms with Crippen LogP contribution >= 0.6 is 0 Å². The largest absolute Gasteiger partial charge is 0.477 e. The number of aromatic nitrogens is 1. The average molecular weight is 532 g/mol. The third-order valence-corrected chi connectivity index (χ3v) is 6.98. The Morgan fingerprint density at radius 2 is 1.49 bits per heavy atom. The predicted octanol–water partition coefficient (Wildman–Crippen LogP) is 8.07. The van der Waals surface area contributed by atoms with Crippen LogP contribution in [0.4, 0.5) is 0 Å². The van der Waals surface area contributed by atoms with Crippen molar-refractivity contribution in [3.8, 4) is 0 Å². The first-order chi connectivity index (χ1) is 19.0. The van der Waals surface area contributed by atoms with Gasteiger partial charge in [0.2, 0.25) is 0 Å². The number of carbonyl (C=O) groups is 3. The van der Waals surface area contributed by atoms with E-state index in [1.165, 1.54) is 44.6 Å². The zero-order valence-electron chi connectivity index (χ0n) is 23.3. The lowest BCUT2D eigenvalue weighted by atomic mass is 10.0. The molecule has 1 heterocycles. The zero-order valence-corrected chi connectivity index (χ0v) is 23.3. The SMILES string of the molecule is CCCCCCCCCCCC(=O)c1c(C(=O)O)n(Cc2ccc(/C=C/C(=O)OCC)cc2)c2ccccc12. The number of ketones is 1. The molecule has 39 heavy (non-hydrogen) atoms. The van der Waals surface area contributed by atoms with Gasteiger partial charge >= 0.3 is 11.9 Å². The van der Waals surface area contributed by atoms with Crippen molar-refractivity contribution in [2.75, 3.05) is 6.61 Å². The number of unbranched alkanes of at least 4 members (excludes halogenated alkanes) is 8. The summed E-state index contributed by atoms with van der Waals surface area (Å²) in [5, 5.41) is 10.9. The Kier molecular flexibility index (Phi) is 12.0. The smallest absolute Gasteiger partial charge is 0.353 e. The molecule has 0 aliphatic carbocycles. The highest BCUT2D eigenvalue weighted by atomic mass is 16.5. The minimum absolute atomic E-state index is 0.0448. The fourth-order valence-corrected chi connectivity index (χ4v) is 4.96. The van der Waals surface area contributed by atoms with Gasteiger partial charge in [-0.25, -0.2) is 9.59 Å². The van der Waals surface area contributed by atoms with Crippen molar-refractivity contribution in [2.24, 2.45) is 0 Å². The maximum Gasteiger partial charge on any atom is 0.353 e. The van der Waals surface area contributed by atoms with Gasteiger partial charge in [-0.3, -0.25) is 4.79 Å². The van der Waals surface area contributed by atoms with Gasteiger partial charge in [0.25, 0.3) is 0 Å². The number of hydrogen-bond acceptors (Lipinski definition) is 4. The second-order valence-electron chi connectivity index (χ2n) is 9.96. The maximum absolute atomic E-state index is 13.4. The molecule has 6 nitrogen and oxygen atoms in total. The summed E-state index contributed by atoms with van der Waals surface area (Å²) >= 11 is 0. The van der Waals surface area contributed by atoms with Gasteiger partial charge in [0.05, 0.1) is 12.2 Å². The molecule has 3 rings (SSSR count). The zero-order chi connectivity index (χ0) is 28.0.